The monoisotopic (exact) mass is 300 g/mol. The van der Waals surface area contributed by atoms with E-state index < -0.39 is 4.92 Å². The van der Waals surface area contributed by atoms with Gasteiger partial charge in [0.1, 0.15) is 12.0 Å². The van der Waals surface area contributed by atoms with Gasteiger partial charge < -0.3 is 10.2 Å². The molecule has 0 aliphatic carbocycles. The van der Waals surface area contributed by atoms with E-state index in [2.05, 4.69) is 27.3 Å². The normalized spacial score (nSPS) is 12.1. The van der Waals surface area contributed by atoms with E-state index in [9.17, 15) is 10.1 Å². The average molecular weight is 300 g/mol. The number of likely N-dealkylation sites (N-methyl/N-ethyl adjacent to an activating group) is 1. The third-order valence-corrected chi connectivity index (χ3v) is 3.52. The van der Waals surface area contributed by atoms with Gasteiger partial charge in [-0.2, -0.15) is 0 Å². The molecule has 1 unspecified atom stereocenters. The Morgan fingerprint density at radius 3 is 2.50 bits per heavy atom. The third kappa shape index (κ3) is 4.53. The maximum absolute atomic E-state index is 10.6. The first-order valence-electron chi connectivity index (χ1n) is 7.11. The molecule has 22 heavy (non-hydrogen) atoms. The number of benzene rings is 1. The minimum Gasteiger partial charge on any atom is -0.368 e. The minimum atomic E-state index is -0.450. The summed E-state index contributed by atoms with van der Waals surface area (Å²) in [6, 6.07) is 13.7. The van der Waals surface area contributed by atoms with Crippen molar-refractivity contribution >= 4 is 11.5 Å². The topological polar surface area (TPSA) is 71.3 Å². The largest absolute Gasteiger partial charge is 0.368 e. The smallest absolute Gasteiger partial charge is 0.287 e. The number of hydrogen-bond donors (Lipinski definition) is 1. The summed E-state index contributed by atoms with van der Waals surface area (Å²) >= 11 is 0. The van der Waals surface area contributed by atoms with Crippen molar-refractivity contribution in [2.75, 3.05) is 26.0 Å². The Morgan fingerprint density at radius 1 is 1.23 bits per heavy atom. The lowest BCUT2D eigenvalue weighted by Gasteiger charge is -2.25. The lowest BCUT2D eigenvalue weighted by molar-refractivity contribution is -0.385. The van der Waals surface area contributed by atoms with Crippen LogP contribution < -0.4 is 5.32 Å². The fourth-order valence-corrected chi connectivity index (χ4v) is 2.14. The second-order valence-electron chi connectivity index (χ2n) is 5.35. The van der Waals surface area contributed by atoms with Crippen molar-refractivity contribution in [2.24, 2.45) is 0 Å². The Morgan fingerprint density at radius 2 is 1.95 bits per heavy atom. The molecule has 0 aliphatic heterocycles. The Kier molecular flexibility index (Phi) is 5.43. The molecular weight excluding hydrogens is 280 g/mol. The van der Waals surface area contributed by atoms with Gasteiger partial charge in [-0.15, -0.1) is 0 Å². The molecule has 1 atom stereocenters. The van der Waals surface area contributed by atoms with Crippen LogP contribution in [-0.4, -0.2) is 41.5 Å². The Labute approximate surface area is 129 Å². The molecule has 0 saturated heterocycles. The van der Waals surface area contributed by atoms with Crippen LogP contribution in [0.25, 0.3) is 0 Å². The highest BCUT2D eigenvalue weighted by atomic mass is 16.6. The molecule has 0 amide bonds. The number of nitro groups is 1. The standard InChI is InChI=1S/C16H20N4O2/c1-19(2)15(10-13-6-4-3-5-7-13)12-18-16-9-8-14(11-17-16)20(21)22/h3-9,11,15H,10,12H2,1-2H3,(H,17,18). The van der Waals surface area contributed by atoms with E-state index in [0.29, 0.717) is 18.4 Å². The number of aromatic nitrogens is 1. The van der Waals surface area contributed by atoms with Crippen molar-refractivity contribution in [3.63, 3.8) is 0 Å². The molecule has 0 radical (unpaired) electrons. The molecule has 1 heterocycles. The van der Waals surface area contributed by atoms with Gasteiger partial charge in [0.25, 0.3) is 5.69 Å². The number of nitrogens with one attached hydrogen (secondary N) is 1. The first kappa shape index (κ1) is 15.9. The third-order valence-electron chi connectivity index (χ3n) is 3.52. The van der Waals surface area contributed by atoms with E-state index in [1.165, 1.54) is 17.8 Å². The molecule has 6 nitrogen and oxygen atoms in total. The van der Waals surface area contributed by atoms with Gasteiger partial charge in [0, 0.05) is 18.7 Å². The average Bonchev–Trinajstić information content (AvgIpc) is 2.52. The molecular formula is C16H20N4O2. The van der Waals surface area contributed by atoms with Crippen LogP contribution in [0.4, 0.5) is 11.5 Å². The number of hydrogen-bond acceptors (Lipinski definition) is 5. The number of pyridine rings is 1. The van der Waals surface area contributed by atoms with Gasteiger partial charge in [0.2, 0.25) is 0 Å². The number of rotatable bonds is 7. The van der Waals surface area contributed by atoms with Crippen molar-refractivity contribution in [3.05, 3.63) is 64.3 Å². The summed E-state index contributed by atoms with van der Waals surface area (Å²) in [6.07, 6.45) is 2.19. The van der Waals surface area contributed by atoms with Gasteiger partial charge in [0.05, 0.1) is 4.92 Å². The molecule has 1 N–H and O–H groups in total. The summed E-state index contributed by atoms with van der Waals surface area (Å²) in [5.41, 5.74) is 1.28. The van der Waals surface area contributed by atoms with Crippen LogP contribution in [0.1, 0.15) is 5.56 Å². The fraction of sp³-hybridized carbons (Fsp3) is 0.312. The van der Waals surface area contributed by atoms with Gasteiger partial charge in [-0.1, -0.05) is 30.3 Å². The zero-order valence-electron chi connectivity index (χ0n) is 12.8. The lowest BCUT2D eigenvalue weighted by Crippen LogP contribution is -2.36. The summed E-state index contributed by atoms with van der Waals surface area (Å²) in [7, 11) is 4.08. The van der Waals surface area contributed by atoms with Crippen molar-refractivity contribution < 1.29 is 4.92 Å². The number of anilines is 1. The molecule has 2 aromatic rings. The van der Waals surface area contributed by atoms with Gasteiger partial charge in [-0.25, -0.2) is 4.98 Å². The maximum Gasteiger partial charge on any atom is 0.287 e. The molecule has 0 bridgehead atoms. The van der Waals surface area contributed by atoms with Crippen LogP contribution >= 0.6 is 0 Å². The van der Waals surface area contributed by atoms with Crippen molar-refractivity contribution in [2.45, 2.75) is 12.5 Å². The van der Waals surface area contributed by atoms with Crippen LogP contribution in [0.5, 0.6) is 0 Å². The molecule has 0 saturated carbocycles. The highest BCUT2D eigenvalue weighted by molar-refractivity contribution is 5.40. The fourth-order valence-electron chi connectivity index (χ4n) is 2.14. The summed E-state index contributed by atoms with van der Waals surface area (Å²) in [6.45, 7) is 0.715. The minimum absolute atomic E-state index is 0.000930. The highest BCUT2D eigenvalue weighted by Gasteiger charge is 2.13. The van der Waals surface area contributed by atoms with Crippen LogP contribution in [0.3, 0.4) is 0 Å². The first-order valence-corrected chi connectivity index (χ1v) is 7.11. The predicted molar refractivity (Wildman–Crippen MR) is 87.0 cm³/mol. The zero-order valence-corrected chi connectivity index (χ0v) is 12.8. The maximum atomic E-state index is 10.6. The van der Waals surface area contributed by atoms with Gasteiger partial charge >= 0.3 is 0 Å². The van der Waals surface area contributed by atoms with Gasteiger partial charge in [0.15, 0.2) is 0 Å². The molecule has 0 aliphatic rings. The number of nitrogens with zero attached hydrogens (tertiary/aromatic N) is 3. The molecule has 0 spiro atoms. The molecule has 1 aromatic heterocycles. The van der Waals surface area contributed by atoms with E-state index in [1.54, 1.807) is 6.07 Å². The SMILES string of the molecule is CN(C)C(CNc1ccc([N+](=O)[O-])cn1)Cc1ccccc1. The van der Waals surface area contributed by atoms with Crippen LogP contribution in [0, 0.1) is 10.1 Å². The Balaban J connectivity index is 1.95. The van der Waals surface area contributed by atoms with Crippen LogP contribution in [0.15, 0.2) is 48.7 Å². The van der Waals surface area contributed by atoms with E-state index in [4.69, 9.17) is 0 Å². The van der Waals surface area contributed by atoms with Gasteiger partial charge in [-0.3, -0.25) is 10.1 Å². The molecule has 6 heteroatoms. The summed E-state index contributed by atoms with van der Waals surface area (Å²) in [4.78, 5) is 16.4. The second kappa shape index (κ2) is 7.51. The van der Waals surface area contributed by atoms with E-state index in [1.807, 2.05) is 32.3 Å². The molecule has 0 fully saturated rings. The predicted octanol–water partition coefficient (Wildman–Crippen LogP) is 2.57. The lowest BCUT2D eigenvalue weighted by atomic mass is 10.1. The van der Waals surface area contributed by atoms with E-state index in [-0.39, 0.29) is 5.69 Å². The Hall–Kier alpha value is -2.47. The van der Waals surface area contributed by atoms with Crippen LogP contribution in [-0.2, 0) is 6.42 Å². The first-order chi connectivity index (χ1) is 10.6. The van der Waals surface area contributed by atoms with Crippen LogP contribution in [0.2, 0.25) is 0 Å². The summed E-state index contributed by atoms with van der Waals surface area (Å²) in [5.74, 6) is 0.644. The van der Waals surface area contributed by atoms with Crippen molar-refractivity contribution in [3.8, 4) is 0 Å². The quantitative estimate of drug-likeness (QED) is 0.628. The van der Waals surface area contributed by atoms with Gasteiger partial charge in [-0.05, 0) is 32.1 Å². The molecule has 2 rings (SSSR count). The van der Waals surface area contributed by atoms with Crippen molar-refractivity contribution in [1.82, 2.24) is 9.88 Å². The molecule has 116 valence electrons. The Bertz CT molecular complexity index is 599. The molecule has 1 aromatic carbocycles. The zero-order chi connectivity index (χ0) is 15.9. The summed E-state index contributed by atoms with van der Waals surface area (Å²) < 4.78 is 0. The summed E-state index contributed by atoms with van der Waals surface area (Å²) in [5, 5.41) is 13.8. The second-order valence-corrected chi connectivity index (χ2v) is 5.35. The van der Waals surface area contributed by atoms with E-state index in [0.717, 1.165) is 6.42 Å². The highest BCUT2D eigenvalue weighted by Crippen LogP contribution is 2.13. The van der Waals surface area contributed by atoms with Crippen molar-refractivity contribution in [1.29, 1.82) is 0 Å². The van der Waals surface area contributed by atoms with E-state index >= 15 is 0 Å².